The molecule has 2 aromatic heterocycles. The third-order valence-corrected chi connectivity index (χ3v) is 5.55. The van der Waals surface area contributed by atoms with Gasteiger partial charge in [-0.3, -0.25) is 4.79 Å². The molecule has 24 heavy (non-hydrogen) atoms. The van der Waals surface area contributed by atoms with Gasteiger partial charge in [0.15, 0.2) is 0 Å². The Kier molecular flexibility index (Phi) is 4.02. The minimum Gasteiger partial charge on any atom is -0.338 e. The highest BCUT2D eigenvalue weighted by atomic mass is 32.1. The molecule has 1 saturated heterocycles. The second-order valence-electron chi connectivity index (χ2n) is 6.31. The van der Waals surface area contributed by atoms with E-state index in [9.17, 15) is 4.79 Å². The van der Waals surface area contributed by atoms with Gasteiger partial charge in [0.1, 0.15) is 4.88 Å². The van der Waals surface area contributed by atoms with E-state index in [4.69, 9.17) is 0 Å². The van der Waals surface area contributed by atoms with Gasteiger partial charge in [-0.25, -0.2) is 4.98 Å². The summed E-state index contributed by atoms with van der Waals surface area (Å²) in [6, 6.07) is 8.21. The molecule has 1 aliphatic heterocycles. The quantitative estimate of drug-likeness (QED) is 0.735. The molecule has 0 spiro atoms. The van der Waals surface area contributed by atoms with Crippen LogP contribution in [0, 0.1) is 12.8 Å². The summed E-state index contributed by atoms with van der Waals surface area (Å²) >= 11 is 1.19. The Balaban J connectivity index is 1.40. The van der Waals surface area contributed by atoms with Crippen LogP contribution in [0.2, 0.25) is 0 Å². The maximum absolute atomic E-state index is 12.5. The molecule has 0 atom stereocenters. The summed E-state index contributed by atoms with van der Waals surface area (Å²) in [4.78, 5) is 19.6. The number of benzene rings is 1. The number of rotatable bonds is 3. The number of likely N-dealkylation sites (tertiary alicyclic amines) is 1. The van der Waals surface area contributed by atoms with E-state index >= 15 is 0 Å². The summed E-state index contributed by atoms with van der Waals surface area (Å²) in [5.41, 5.74) is 2.96. The zero-order chi connectivity index (χ0) is 16.5. The molecule has 1 fully saturated rings. The van der Waals surface area contributed by atoms with Crippen molar-refractivity contribution in [1.29, 1.82) is 0 Å². The molecule has 3 heterocycles. The van der Waals surface area contributed by atoms with Crippen molar-refractivity contribution in [2.75, 3.05) is 13.1 Å². The van der Waals surface area contributed by atoms with Crippen LogP contribution in [0.3, 0.4) is 0 Å². The van der Waals surface area contributed by atoms with Crippen molar-refractivity contribution in [3.63, 3.8) is 0 Å². The van der Waals surface area contributed by atoms with Crippen LogP contribution in [0.5, 0.6) is 0 Å². The zero-order valence-electron chi connectivity index (χ0n) is 13.6. The number of piperidine rings is 1. The summed E-state index contributed by atoms with van der Waals surface area (Å²) < 4.78 is 6.10. The Labute approximate surface area is 144 Å². The number of amides is 1. The Morgan fingerprint density at radius 3 is 2.83 bits per heavy atom. The first-order chi connectivity index (χ1) is 11.7. The topological polar surface area (TPSA) is 63.9 Å². The SMILES string of the molecule is Cc1nnsc1C(=O)N1CCC(Cn2cnc3ccccc32)CC1. The fraction of sp³-hybridized carbons (Fsp3) is 0.412. The monoisotopic (exact) mass is 341 g/mol. The average molecular weight is 341 g/mol. The number of fused-ring (bicyclic) bond motifs is 1. The van der Waals surface area contributed by atoms with Crippen molar-refractivity contribution in [3.05, 3.63) is 41.2 Å². The van der Waals surface area contributed by atoms with Gasteiger partial charge in [-0.2, -0.15) is 0 Å². The highest BCUT2D eigenvalue weighted by Gasteiger charge is 2.26. The largest absolute Gasteiger partial charge is 0.338 e. The van der Waals surface area contributed by atoms with Crippen molar-refractivity contribution < 1.29 is 4.79 Å². The number of aryl methyl sites for hydroxylation is 1. The van der Waals surface area contributed by atoms with Crippen LogP contribution < -0.4 is 0 Å². The van der Waals surface area contributed by atoms with Crippen molar-refractivity contribution in [2.24, 2.45) is 5.92 Å². The smallest absolute Gasteiger partial charge is 0.267 e. The molecule has 4 rings (SSSR count). The van der Waals surface area contributed by atoms with Crippen molar-refractivity contribution in [2.45, 2.75) is 26.3 Å². The van der Waals surface area contributed by atoms with Crippen LogP contribution in [-0.2, 0) is 6.54 Å². The molecule has 0 saturated carbocycles. The maximum atomic E-state index is 12.5. The van der Waals surface area contributed by atoms with Crippen LogP contribution >= 0.6 is 11.5 Å². The molecule has 0 N–H and O–H groups in total. The van der Waals surface area contributed by atoms with Crippen LogP contribution in [0.4, 0.5) is 0 Å². The Morgan fingerprint density at radius 2 is 2.08 bits per heavy atom. The van der Waals surface area contributed by atoms with Gasteiger partial charge < -0.3 is 9.47 Å². The lowest BCUT2D eigenvalue weighted by Gasteiger charge is -2.32. The fourth-order valence-electron chi connectivity index (χ4n) is 3.32. The lowest BCUT2D eigenvalue weighted by Crippen LogP contribution is -2.39. The minimum absolute atomic E-state index is 0.0778. The van der Waals surface area contributed by atoms with Gasteiger partial charge >= 0.3 is 0 Å². The summed E-state index contributed by atoms with van der Waals surface area (Å²) in [5, 5.41) is 3.94. The van der Waals surface area contributed by atoms with E-state index < -0.39 is 0 Å². The van der Waals surface area contributed by atoms with Crippen molar-refractivity contribution in [1.82, 2.24) is 24.0 Å². The molecule has 0 aliphatic carbocycles. The first-order valence-electron chi connectivity index (χ1n) is 8.20. The zero-order valence-corrected chi connectivity index (χ0v) is 14.4. The molecular formula is C17H19N5OS. The molecule has 124 valence electrons. The number of carbonyl (C=O) groups is 1. The number of para-hydroxylation sites is 2. The standard InChI is InChI=1S/C17H19N5OS/c1-12-16(24-20-19-12)17(23)21-8-6-13(7-9-21)10-22-11-18-14-4-2-3-5-15(14)22/h2-5,11,13H,6-10H2,1H3. The van der Waals surface area contributed by atoms with Gasteiger partial charge in [0.2, 0.25) is 0 Å². The number of carbonyl (C=O) groups excluding carboxylic acids is 1. The predicted octanol–water partition coefficient (Wildman–Crippen LogP) is 2.75. The number of aromatic nitrogens is 4. The van der Waals surface area contributed by atoms with Crippen LogP contribution in [0.15, 0.2) is 30.6 Å². The molecule has 3 aromatic rings. The molecule has 1 amide bonds. The van der Waals surface area contributed by atoms with Gasteiger partial charge in [0, 0.05) is 19.6 Å². The Morgan fingerprint density at radius 1 is 1.29 bits per heavy atom. The Bertz CT molecular complexity index is 863. The van der Waals surface area contributed by atoms with Crippen LogP contribution in [0.25, 0.3) is 11.0 Å². The van der Waals surface area contributed by atoms with Gasteiger partial charge in [0.25, 0.3) is 5.91 Å². The average Bonchev–Trinajstić information content (AvgIpc) is 3.22. The molecule has 0 radical (unpaired) electrons. The third-order valence-electron chi connectivity index (χ3n) is 4.73. The fourth-order valence-corrected chi connectivity index (χ4v) is 3.95. The number of imidazole rings is 1. The van der Waals surface area contributed by atoms with E-state index in [2.05, 4.69) is 25.2 Å². The number of nitrogens with zero attached hydrogens (tertiary/aromatic N) is 5. The highest BCUT2D eigenvalue weighted by molar-refractivity contribution is 7.07. The van der Waals surface area contributed by atoms with Crippen molar-refractivity contribution >= 4 is 28.5 Å². The van der Waals surface area contributed by atoms with Crippen LogP contribution in [0.1, 0.15) is 28.2 Å². The second-order valence-corrected chi connectivity index (χ2v) is 7.06. The van der Waals surface area contributed by atoms with Gasteiger partial charge in [-0.1, -0.05) is 16.6 Å². The lowest BCUT2D eigenvalue weighted by molar-refractivity contribution is 0.0687. The molecule has 6 nitrogen and oxygen atoms in total. The molecule has 1 aliphatic rings. The van der Waals surface area contributed by atoms with Gasteiger partial charge in [-0.15, -0.1) is 5.10 Å². The van der Waals surface area contributed by atoms with Gasteiger partial charge in [0.05, 0.1) is 23.1 Å². The van der Waals surface area contributed by atoms with E-state index in [-0.39, 0.29) is 5.91 Å². The molecule has 7 heteroatoms. The lowest BCUT2D eigenvalue weighted by atomic mass is 9.96. The normalized spacial score (nSPS) is 16.0. The predicted molar refractivity (Wildman–Crippen MR) is 93.0 cm³/mol. The van der Waals surface area contributed by atoms with E-state index in [1.807, 2.05) is 36.4 Å². The van der Waals surface area contributed by atoms with Crippen LogP contribution in [-0.4, -0.2) is 43.0 Å². The molecule has 0 unspecified atom stereocenters. The minimum atomic E-state index is 0.0778. The van der Waals surface area contributed by atoms with E-state index in [1.165, 1.54) is 17.0 Å². The highest BCUT2D eigenvalue weighted by Crippen LogP contribution is 2.23. The summed E-state index contributed by atoms with van der Waals surface area (Å²) in [7, 11) is 0. The number of hydrogen-bond acceptors (Lipinski definition) is 5. The van der Waals surface area contributed by atoms with Gasteiger partial charge in [-0.05, 0) is 49.3 Å². The molecule has 1 aromatic carbocycles. The van der Waals surface area contributed by atoms with E-state index in [1.54, 1.807) is 0 Å². The summed E-state index contributed by atoms with van der Waals surface area (Å²) in [5.74, 6) is 0.654. The second kappa shape index (κ2) is 6.32. The summed E-state index contributed by atoms with van der Waals surface area (Å²) in [6.45, 7) is 4.40. The molecule has 0 bridgehead atoms. The third kappa shape index (κ3) is 2.80. The molecular weight excluding hydrogens is 322 g/mol. The first kappa shape index (κ1) is 15.3. The maximum Gasteiger partial charge on any atom is 0.267 e. The number of hydrogen-bond donors (Lipinski definition) is 0. The Hall–Kier alpha value is -2.28. The van der Waals surface area contributed by atoms with E-state index in [0.29, 0.717) is 10.8 Å². The summed E-state index contributed by atoms with van der Waals surface area (Å²) in [6.07, 6.45) is 3.96. The first-order valence-corrected chi connectivity index (χ1v) is 8.98. The van der Waals surface area contributed by atoms with E-state index in [0.717, 1.165) is 43.7 Å². The van der Waals surface area contributed by atoms with Crippen molar-refractivity contribution in [3.8, 4) is 0 Å².